The molecule has 2 aromatic rings. The number of nitrogens with one attached hydrogen (secondary N) is 2. The highest BCUT2D eigenvalue weighted by molar-refractivity contribution is 5.77. The van der Waals surface area contributed by atoms with E-state index in [1.807, 2.05) is 42.1 Å². The molecule has 0 aromatic carbocycles. The summed E-state index contributed by atoms with van der Waals surface area (Å²) in [4.78, 5) is 16.0. The second-order valence-corrected chi connectivity index (χ2v) is 4.99. The summed E-state index contributed by atoms with van der Waals surface area (Å²) >= 11 is 0. The first-order chi connectivity index (χ1) is 10.2. The largest absolute Gasteiger partial charge is 0.349 e. The van der Waals surface area contributed by atoms with Gasteiger partial charge in [0.15, 0.2) is 0 Å². The highest BCUT2D eigenvalue weighted by atomic mass is 16.1. The molecule has 2 aromatic heterocycles. The van der Waals surface area contributed by atoms with Crippen molar-refractivity contribution in [1.29, 1.82) is 0 Å². The Hall–Kier alpha value is -2.21. The summed E-state index contributed by atoms with van der Waals surface area (Å²) in [5.41, 5.74) is 0.851. The lowest BCUT2D eigenvalue weighted by Crippen LogP contribution is -2.41. The van der Waals surface area contributed by atoms with E-state index in [9.17, 15) is 4.79 Å². The summed E-state index contributed by atoms with van der Waals surface area (Å²) in [6.07, 6.45) is 5.39. The highest BCUT2D eigenvalue weighted by Crippen LogP contribution is 2.08. The van der Waals surface area contributed by atoms with Gasteiger partial charge in [-0.1, -0.05) is 6.07 Å². The SMILES string of the molecule is C[C@H](NCC(=O)NCc1ccccn1)[C@H](C)n1cccn1. The molecule has 2 rings (SSSR count). The van der Waals surface area contributed by atoms with Crippen LogP contribution in [0.25, 0.3) is 0 Å². The van der Waals surface area contributed by atoms with Crippen molar-refractivity contribution in [2.24, 2.45) is 0 Å². The third-order valence-electron chi connectivity index (χ3n) is 3.44. The molecule has 21 heavy (non-hydrogen) atoms. The van der Waals surface area contributed by atoms with Gasteiger partial charge < -0.3 is 10.6 Å². The van der Waals surface area contributed by atoms with Gasteiger partial charge in [-0.05, 0) is 32.0 Å². The molecule has 0 bridgehead atoms. The van der Waals surface area contributed by atoms with Crippen LogP contribution in [0, 0.1) is 0 Å². The van der Waals surface area contributed by atoms with E-state index in [0.29, 0.717) is 6.54 Å². The summed E-state index contributed by atoms with van der Waals surface area (Å²) in [5.74, 6) is -0.0415. The Labute approximate surface area is 124 Å². The van der Waals surface area contributed by atoms with Crippen molar-refractivity contribution in [2.45, 2.75) is 32.5 Å². The van der Waals surface area contributed by atoms with Crippen molar-refractivity contribution in [3.63, 3.8) is 0 Å². The number of hydrogen-bond donors (Lipinski definition) is 2. The molecular weight excluding hydrogens is 266 g/mol. The summed E-state index contributed by atoms with van der Waals surface area (Å²) in [7, 11) is 0. The van der Waals surface area contributed by atoms with Crippen molar-refractivity contribution in [2.75, 3.05) is 6.54 Å². The van der Waals surface area contributed by atoms with Crippen LogP contribution < -0.4 is 10.6 Å². The van der Waals surface area contributed by atoms with E-state index in [-0.39, 0.29) is 24.5 Å². The first-order valence-corrected chi connectivity index (χ1v) is 7.06. The number of carbonyl (C=O) groups is 1. The molecule has 0 saturated carbocycles. The van der Waals surface area contributed by atoms with E-state index in [0.717, 1.165) is 5.69 Å². The number of pyridine rings is 1. The van der Waals surface area contributed by atoms with E-state index in [1.54, 1.807) is 12.4 Å². The highest BCUT2D eigenvalue weighted by Gasteiger charge is 2.14. The van der Waals surface area contributed by atoms with E-state index in [2.05, 4.69) is 27.6 Å². The van der Waals surface area contributed by atoms with Crippen LogP contribution >= 0.6 is 0 Å². The van der Waals surface area contributed by atoms with Gasteiger partial charge in [0.05, 0.1) is 24.8 Å². The van der Waals surface area contributed by atoms with Gasteiger partial charge in [0.2, 0.25) is 5.91 Å². The van der Waals surface area contributed by atoms with Gasteiger partial charge in [0.1, 0.15) is 0 Å². The minimum Gasteiger partial charge on any atom is -0.349 e. The lowest BCUT2D eigenvalue weighted by molar-refractivity contribution is -0.120. The smallest absolute Gasteiger partial charge is 0.234 e. The first-order valence-electron chi connectivity index (χ1n) is 7.06. The molecule has 1 amide bonds. The van der Waals surface area contributed by atoms with E-state index >= 15 is 0 Å². The predicted molar refractivity (Wildman–Crippen MR) is 80.5 cm³/mol. The standard InChI is InChI=1S/C15H21N5O/c1-12(13(2)20-9-5-8-19-20)17-11-15(21)18-10-14-6-3-4-7-16-14/h3-9,12-13,17H,10-11H2,1-2H3,(H,18,21)/t12-,13-/m0/s1. The molecule has 0 radical (unpaired) electrons. The van der Waals surface area contributed by atoms with Gasteiger partial charge in [0.25, 0.3) is 0 Å². The third-order valence-corrected chi connectivity index (χ3v) is 3.44. The average molecular weight is 287 g/mol. The fourth-order valence-electron chi connectivity index (χ4n) is 1.93. The number of aromatic nitrogens is 3. The molecule has 0 unspecified atom stereocenters. The summed E-state index contributed by atoms with van der Waals surface area (Å²) in [5, 5.41) is 10.3. The van der Waals surface area contributed by atoms with E-state index in [1.165, 1.54) is 0 Å². The van der Waals surface area contributed by atoms with Crippen LogP contribution in [0.1, 0.15) is 25.6 Å². The number of hydrogen-bond acceptors (Lipinski definition) is 4. The van der Waals surface area contributed by atoms with Crippen LogP contribution in [0.4, 0.5) is 0 Å². The van der Waals surface area contributed by atoms with Crippen molar-refractivity contribution < 1.29 is 4.79 Å². The molecule has 2 atom stereocenters. The van der Waals surface area contributed by atoms with Crippen molar-refractivity contribution in [1.82, 2.24) is 25.4 Å². The Kier molecular flexibility index (Phi) is 5.45. The van der Waals surface area contributed by atoms with Crippen molar-refractivity contribution in [3.8, 4) is 0 Å². The summed E-state index contributed by atoms with van der Waals surface area (Å²) in [6.45, 7) is 4.83. The van der Waals surface area contributed by atoms with Crippen LogP contribution in [-0.2, 0) is 11.3 Å². The molecule has 112 valence electrons. The average Bonchev–Trinajstić information content (AvgIpc) is 3.05. The van der Waals surface area contributed by atoms with Gasteiger partial charge in [-0.15, -0.1) is 0 Å². The molecule has 0 saturated heterocycles. The molecule has 0 aliphatic rings. The molecule has 2 N–H and O–H groups in total. The number of nitrogens with zero attached hydrogens (tertiary/aromatic N) is 3. The second kappa shape index (κ2) is 7.54. The monoisotopic (exact) mass is 287 g/mol. The maximum atomic E-state index is 11.8. The summed E-state index contributed by atoms with van der Waals surface area (Å²) < 4.78 is 1.88. The molecule has 0 aliphatic carbocycles. The van der Waals surface area contributed by atoms with Gasteiger partial charge in [0, 0.05) is 24.6 Å². The molecular formula is C15H21N5O. The van der Waals surface area contributed by atoms with Gasteiger partial charge >= 0.3 is 0 Å². The van der Waals surface area contributed by atoms with Gasteiger partial charge in [-0.3, -0.25) is 14.5 Å². The van der Waals surface area contributed by atoms with Gasteiger partial charge in [-0.2, -0.15) is 5.10 Å². The zero-order valence-electron chi connectivity index (χ0n) is 12.4. The fraction of sp³-hybridized carbons (Fsp3) is 0.400. The molecule has 2 heterocycles. The van der Waals surface area contributed by atoms with Crippen LogP contribution in [0.3, 0.4) is 0 Å². The van der Waals surface area contributed by atoms with E-state index < -0.39 is 0 Å². The topological polar surface area (TPSA) is 71.8 Å². The Morgan fingerprint density at radius 1 is 1.29 bits per heavy atom. The minimum absolute atomic E-state index is 0.0415. The van der Waals surface area contributed by atoms with Gasteiger partial charge in [-0.25, -0.2) is 0 Å². The number of amides is 1. The Balaban J connectivity index is 1.71. The van der Waals surface area contributed by atoms with Crippen LogP contribution in [-0.4, -0.2) is 33.3 Å². The third kappa shape index (κ3) is 4.68. The maximum Gasteiger partial charge on any atom is 0.234 e. The van der Waals surface area contributed by atoms with Crippen LogP contribution in [0.2, 0.25) is 0 Å². The lowest BCUT2D eigenvalue weighted by atomic mass is 10.2. The van der Waals surface area contributed by atoms with Crippen LogP contribution in [0.15, 0.2) is 42.9 Å². The molecule has 0 spiro atoms. The van der Waals surface area contributed by atoms with Crippen LogP contribution in [0.5, 0.6) is 0 Å². The minimum atomic E-state index is -0.0415. The lowest BCUT2D eigenvalue weighted by Gasteiger charge is -2.21. The summed E-state index contributed by atoms with van der Waals surface area (Å²) in [6, 6.07) is 7.86. The zero-order chi connectivity index (χ0) is 15.1. The Bertz CT molecular complexity index is 540. The quantitative estimate of drug-likeness (QED) is 0.801. The van der Waals surface area contributed by atoms with Crippen molar-refractivity contribution >= 4 is 5.91 Å². The zero-order valence-corrected chi connectivity index (χ0v) is 12.4. The van der Waals surface area contributed by atoms with E-state index in [4.69, 9.17) is 0 Å². The second-order valence-electron chi connectivity index (χ2n) is 4.99. The fourth-order valence-corrected chi connectivity index (χ4v) is 1.93. The Morgan fingerprint density at radius 3 is 2.81 bits per heavy atom. The predicted octanol–water partition coefficient (Wildman–Crippen LogP) is 1.13. The molecule has 6 nitrogen and oxygen atoms in total. The molecule has 0 fully saturated rings. The maximum absolute atomic E-state index is 11.8. The van der Waals surface area contributed by atoms with Crippen molar-refractivity contribution in [3.05, 3.63) is 48.5 Å². The Morgan fingerprint density at radius 2 is 2.14 bits per heavy atom. The molecule has 6 heteroatoms. The first kappa shape index (κ1) is 15.2. The molecule has 0 aliphatic heterocycles. The number of carbonyl (C=O) groups excluding carboxylic acids is 1. The number of rotatable bonds is 7. The normalized spacial score (nSPS) is 13.6.